The average molecular weight is 472 g/mol. The lowest BCUT2D eigenvalue weighted by atomic mass is 10.1. The average Bonchev–Trinajstić information content (AvgIpc) is 2.84. The molecule has 0 saturated heterocycles. The first-order chi connectivity index (χ1) is 16.4. The standard InChI is InChI=1S/C25H26F2N2O5/c1-4-32-23-13-19(8-10-20(23)33-16-18-6-5-11-28-14-18)24(30)29(2)15-17-7-9-21(34-25(26)27)22(12-17)31-3/h5-14,25H,4,15-16H2,1-3H3. The quantitative estimate of drug-likeness (QED) is 0.394. The largest absolute Gasteiger partial charge is 0.493 e. The Morgan fingerprint density at radius 1 is 1.00 bits per heavy atom. The number of ether oxygens (including phenoxy) is 4. The molecule has 0 bridgehead atoms. The van der Waals surface area contributed by atoms with Crippen LogP contribution in [0.5, 0.6) is 23.0 Å². The maximum atomic E-state index is 13.0. The number of rotatable bonds is 11. The second kappa shape index (κ2) is 11.8. The summed E-state index contributed by atoms with van der Waals surface area (Å²) >= 11 is 0. The van der Waals surface area contributed by atoms with Gasteiger partial charge in [-0.3, -0.25) is 9.78 Å². The number of halogens is 2. The molecule has 1 heterocycles. The van der Waals surface area contributed by atoms with Crippen molar-refractivity contribution in [3.63, 3.8) is 0 Å². The van der Waals surface area contributed by atoms with Crippen molar-refractivity contribution >= 4 is 5.91 Å². The smallest absolute Gasteiger partial charge is 0.387 e. The fourth-order valence-corrected chi connectivity index (χ4v) is 3.24. The first-order valence-corrected chi connectivity index (χ1v) is 10.6. The van der Waals surface area contributed by atoms with Crippen LogP contribution in [-0.4, -0.2) is 43.2 Å². The summed E-state index contributed by atoms with van der Waals surface area (Å²) in [6, 6.07) is 13.3. The van der Waals surface area contributed by atoms with Crippen LogP contribution in [0.1, 0.15) is 28.4 Å². The normalized spacial score (nSPS) is 10.6. The molecule has 0 aliphatic rings. The van der Waals surface area contributed by atoms with Crippen molar-refractivity contribution < 1.29 is 32.5 Å². The van der Waals surface area contributed by atoms with Gasteiger partial charge in [0.25, 0.3) is 5.91 Å². The Morgan fingerprint density at radius 2 is 1.79 bits per heavy atom. The van der Waals surface area contributed by atoms with Crippen LogP contribution in [0.2, 0.25) is 0 Å². The fourth-order valence-electron chi connectivity index (χ4n) is 3.24. The zero-order valence-electron chi connectivity index (χ0n) is 19.2. The van der Waals surface area contributed by atoms with E-state index in [0.29, 0.717) is 35.8 Å². The van der Waals surface area contributed by atoms with E-state index in [1.807, 2.05) is 19.1 Å². The van der Waals surface area contributed by atoms with E-state index >= 15 is 0 Å². The van der Waals surface area contributed by atoms with Gasteiger partial charge in [-0.25, -0.2) is 0 Å². The molecule has 0 spiro atoms. The number of pyridine rings is 1. The molecule has 0 saturated carbocycles. The summed E-state index contributed by atoms with van der Waals surface area (Å²) < 4.78 is 46.2. The Hall–Kier alpha value is -3.88. The van der Waals surface area contributed by atoms with Crippen molar-refractivity contribution in [1.82, 2.24) is 9.88 Å². The zero-order chi connectivity index (χ0) is 24.5. The van der Waals surface area contributed by atoms with Crippen LogP contribution in [0.15, 0.2) is 60.9 Å². The third-order valence-corrected chi connectivity index (χ3v) is 4.82. The lowest BCUT2D eigenvalue weighted by Crippen LogP contribution is -2.26. The number of carbonyl (C=O) groups excluding carboxylic acids is 1. The van der Waals surface area contributed by atoms with Gasteiger partial charge in [-0.15, -0.1) is 0 Å². The molecule has 0 aliphatic carbocycles. The van der Waals surface area contributed by atoms with Crippen LogP contribution >= 0.6 is 0 Å². The molecule has 0 unspecified atom stereocenters. The van der Waals surface area contributed by atoms with Crippen molar-refractivity contribution in [3.8, 4) is 23.0 Å². The number of alkyl halides is 2. The molecule has 34 heavy (non-hydrogen) atoms. The predicted molar refractivity (Wildman–Crippen MR) is 122 cm³/mol. The second-order valence-corrected chi connectivity index (χ2v) is 7.27. The Labute approximate surface area is 196 Å². The number of hydrogen-bond donors (Lipinski definition) is 0. The summed E-state index contributed by atoms with van der Waals surface area (Å²) in [5.74, 6) is 0.822. The van der Waals surface area contributed by atoms with Crippen LogP contribution < -0.4 is 18.9 Å². The maximum absolute atomic E-state index is 13.0. The molecule has 7 nitrogen and oxygen atoms in total. The van der Waals surface area contributed by atoms with Gasteiger partial charge in [0.05, 0.1) is 13.7 Å². The van der Waals surface area contributed by atoms with Gasteiger partial charge in [-0.05, 0) is 48.9 Å². The van der Waals surface area contributed by atoms with Crippen molar-refractivity contribution in [1.29, 1.82) is 0 Å². The minimum absolute atomic E-state index is 0.0709. The Kier molecular flexibility index (Phi) is 8.61. The van der Waals surface area contributed by atoms with Gasteiger partial charge in [-0.1, -0.05) is 12.1 Å². The van der Waals surface area contributed by atoms with E-state index in [-0.39, 0.29) is 24.0 Å². The topological polar surface area (TPSA) is 70.1 Å². The highest BCUT2D eigenvalue weighted by Crippen LogP contribution is 2.31. The van der Waals surface area contributed by atoms with Crippen LogP contribution in [-0.2, 0) is 13.2 Å². The van der Waals surface area contributed by atoms with E-state index in [2.05, 4.69) is 9.72 Å². The number of benzene rings is 2. The minimum Gasteiger partial charge on any atom is -0.493 e. The van der Waals surface area contributed by atoms with E-state index in [4.69, 9.17) is 14.2 Å². The first-order valence-electron chi connectivity index (χ1n) is 10.6. The first kappa shape index (κ1) is 24.8. The van der Waals surface area contributed by atoms with Crippen LogP contribution in [0.4, 0.5) is 8.78 Å². The molecule has 0 N–H and O–H groups in total. The van der Waals surface area contributed by atoms with Gasteiger partial charge in [0.1, 0.15) is 6.61 Å². The molecule has 2 aromatic carbocycles. The van der Waals surface area contributed by atoms with E-state index in [0.717, 1.165) is 5.56 Å². The molecule has 9 heteroatoms. The van der Waals surface area contributed by atoms with Gasteiger partial charge >= 0.3 is 6.61 Å². The highest BCUT2D eigenvalue weighted by molar-refractivity contribution is 5.94. The molecule has 0 radical (unpaired) electrons. The molecule has 3 rings (SSSR count). The molecular formula is C25H26F2N2O5. The summed E-state index contributed by atoms with van der Waals surface area (Å²) in [4.78, 5) is 18.6. The van der Waals surface area contributed by atoms with Crippen LogP contribution in [0, 0.1) is 0 Å². The molecule has 1 aromatic heterocycles. The minimum atomic E-state index is -2.96. The lowest BCUT2D eigenvalue weighted by Gasteiger charge is -2.20. The van der Waals surface area contributed by atoms with Crippen molar-refractivity contribution in [2.75, 3.05) is 20.8 Å². The summed E-state index contributed by atoms with van der Waals surface area (Å²) in [6.45, 7) is -0.161. The SMILES string of the molecule is CCOc1cc(C(=O)N(C)Cc2ccc(OC(F)F)c(OC)c2)ccc1OCc1cccnc1. The summed E-state index contributed by atoms with van der Waals surface area (Å²) in [6.07, 6.45) is 3.40. The fraction of sp³-hybridized carbons (Fsp3) is 0.280. The van der Waals surface area contributed by atoms with Gasteiger partial charge in [0.2, 0.25) is 0 Å². The van der Waals surface area contributed by atoms with Gasteiger partial charge < -0.3 is 23.8 Å². The van der Waals surface area contributed by atoms with E-state index < -0.39 is 6.61 Å². The van der Waals surface area contributed by atoms with E-state index in [9.17, 15) is 13.6 Å². The molecule has 0 atom stereocenters. The van der Waals surface area contributed by atoms with Crippen molar-refractivity contribution in [2.24, 2.45) is 0 Å². The Morgan fingerprint density at radius 3 is 2.47 bits per heavy atom. The van der Waals surface area contributed by atoms with Gasteiger partial charge in [-0.2, -0.15) is 8.78 Å². The van der Waals surface area contributed by atoms with Crippen molar-refractivity contribution in [3.05, 3.63) is 77.6 Å². The third-order valence-electron chi connectivity index (χ3n) is 4.82. The summed E-state index contributed by atoms with van der Waals surface area (Å²) in [5, 5.41) is 0. The Balaban J connectivity index is 1.72. The van der Waals surface area contributed by atoms with E-state index in [1.54, 1.807) is 49.8 Å². The van der Waals surface area contributed by atoms with Crippen molar-refractivity contribution in [2.45, 2.75) is 26.7 Å². The number of methoxy groups -OCH3 is 1. The van der Waals surface area contributed by atoms with Gasteiger partial charge in [0, 0.05) is 37.1 Å². The molecule has 1 amide bonds. The second-order valence-electron chi connectivity index (χ2n) is 7.27. The zero-order valence-corrected chi connectivity index (χ0v) is 19.2. The molecular weight excluding hydrogens is 446 g/mol. The third kappa shape index (κ3) is 6.57. The van der Waals surface area contributed by atoms with Crippen LogP contribution in [0.3, 0.4) is 0 Å². The number of nitrogens with zero attached hydrogens (tertiary/aromatic N) is 2. The number of amides is 1. The number of carbonyl (C=O) groups is 1. The number of hydrogen-bond acceptors (Lipinski definition) is 6. The summed E-state index contributed by atoms with van der Waals surface area (Å²) in [7, 11) is 3.01. The van der Waals surface area contributed by atoms with Crippen LogP contribution in [0.25, 0.3) is 0 Å². The summed E-state index contributed by atoms with van der Waals surface area (Å²) in [5.41, 5.74) is 2.02. The molecule has 3 aromatic rings. The van der Waals surface area contributed by atoms with E-state index in [1.165, 1.54) is 18.1 Å². The molecule has 0 aliphatic heterocycles. The molecule has 0 fully saturated rings. The van der Waals surface area contributed by atoms with Gasteiger partial charge in [0.15, 0.2) is 23.0 Å². The maximum Gasteiger partial charge on any atom is 0.387 e. The highest BCUT2D eigenvalue weighted by atomic mass is 19.3. The predicted octanol–water partition coefficient (Wildman–Crippen LogP) is 4.94. The monoisotopic (exact) mass is 472 g/mol. The number of aromatic nitrogens is 1. The lowest BCUT2D eigenvalue weighted by molar-refractivity contribution is -0.0512. The Bertz CT molecular complexity index is 1100. The highest BCUT2D eigenvalue weighted by Gasteiger charge is 2.17. The molecule has 180 valence electrons.